The molecule has 0 atom stereocenters. The number of sulfonamides is 2. The van der Waals surface area contributed by atoms with Crippen molar-refractivity contribution in [2.45, 2.75) is 70.2 Å². The first kappa shape index (κ1) is 37.9. The minimum Gasteiger partial charge on any atom is -0.465 e. The summed E-state index contributed by atoms with van der Waals surface area (Å²) in [4.78, 5) is 32.6. The third kappa shape index (κ3) is 8.28. The third-order valence-corrected chi connectivity index (χ3v) is 13.7. The van der Waals surface area contributed by atoms with Crippen molar-refractivity contribution in [2.75, 3.05) is 28.9 Å². The van der Waals surface area contributed by atoms with Gasteiger partial charge < -0.3 is 9.47 Å². The van der Waals surface area contributed by atoms with E-state index in [-0.39, 0.29) is 49.0 Å². The van der Waals surface area contributed by atoms with Crippen LogP contribution in [0.15, 0.2) is 52.4 Å². The van der Waals surface area contributed by atoms with Gasteiger partial charge >= 0.3 is 11.9 Å². The van der Waals surface area contributed by atoms with Gasteiger partial charge in [-0.25, -0.2) is 49.4 Å². The van der Waals surface area contributed by atoms with Crippen molar-refractivity contribution in [2.24, 2.45) is 0 Å². The van der Waals surface area contributed by atoms with Crippen LogP contribution in [-0.4, -0.2) is 65.0 Å². The number of benzene rings is 2. The topological polar surface area (TPSA) is 153 Å². The van der Waals surface area contributed by atoms with E-state index >= 15 is 0 Å². The third-order valence-electron chi connectivity index (χ3n) is 7.45. The molecule has 0 aliphatic heterocycles. The van der Waals surface area contributed by atoms with Crippen LogP contribution in [0.1, 0.15) is 68.4 Å². The maximum atomic E-state index is 13.7. The summed E-state index contributed by atoms with van der Waals surface area (Å²) in [6.07, 6.45) is 2.71. The van der Waals surface area contributed by atoms with Crippen LogP contribution in [0, 0.1) is 33.5 Å². The Morgan fingerprint density at radius 1 is 0.898 bits per heavy atom. The van der Waals surface area contributed by atoms with E-state index in [1.54, 1.807) is 45.9 Å². The number of carbonyl (C=O) groups is 2. The summed E-state index contributed by atoms with van der Waals surface area (Å²) in [6.45, 7) is 10.9. The average molecular weight is 753 g/mol. The van der Waals surface area contributed by atoms with Crippen LogP contribution in [0.5, 0.6) is 0 Å². The van der Waals surface area contributed by atoms with Crippen LogP contribution in [0.4, 0.5) is 14.7 Å². The summed E-state index contributed by atoms with van der Waals surface area (Å²) in [5.41, 5.74) is 2.79. The SMILES string of the molecule is CCN(c1ncc(C(=O)OC)s1)S(=O)(=O)c1ccc(C)c(C)c1.CCOC(=O)c1sc(N(C2CC2)S(=O)(=O)c2cc(F)ccc2C)nc1C. The summed E-state index contributed by atoms with van der Waals surface area (Å²) in [6, 6.07) is 8.44. The van der Waals surface area contributed by atoms with Crippen LogP contribution >= 0.6 is 22.7 Å². The molecule has 0 unspecified atom stereocenters. The highest BCUT2D eigenvalue weighted by atomic mass is 32.2. The Bertz CT molecular complexity index is 2080. The van der Waals surface area contributed by atoms with Crippen LogP contribution < -0.4 is 8.61 Å². The Labute approximate surface area is 293 Å². The molecule has 12 nitrogen and oxygen atoms in total. The fourth-order valence-corrected chi connectivity index (χ4v) is 10.3. The standard InChI is InChI=1S/C17H19FN2O4S2.C15H18N2O4S2/c1-4-24-16(21)15-11(3)19-17(25-15)20(13-7-8-13)26(22,23)14-9-12(18)6-5-10(14)2;1-5-17(15-16-9-13(22-15)14(18)21-4)23(19,20)12-7-6-10(2)11(3)8-12/h5-6,9,13H,4,7-8H2,1-3H3;6-9H,5H2,1-4H3. The monoisotopic (exact) mass is 752 g/mol. The molecule has 0 bridgehead atoms. The molecule has 0 saturated heterocycles. The van der Waals surface area contributed by atoms with E-state index in [0.717, 1.165) is 39.9 Å². The van der Waals surface area contributed by atoms with Crippen molar-refractivity contribution in [1.29, 1.82) is 0 Å². The summed E-state index contributed by atoms with van der Waals surface area (Å²) >= 11 is 1.97. The molecule has 0 spiro atoms. The normalized spacial score (nSPS) is 12.9. The quantitative estimate of drug-likeness (QED) is 0.162. The molecule has 49 heavy (non-hydrogen) atoms. The fourth-order valence-electron chi connectivity index (χ4n) is 4.57. The lowest BCUT2D eigenvalue weighted by Crippen LogP contribution is -2.33. The molecule has 0 N–H and O–H groups in total. The molecule has 2 aromatic heterocycles. The molecule has 1 fully saturated rings. The number of thiazole rings is 2. The van der Waals surface area contributed by atoms with Gasteiger partial charge in [0.2, 0.25) is 5.13 Å². The first-order valence-corrected chi connectivity index (χ1v) is 19.7. The van der Waals surface area contributed by atoms with Crippen molar-refractivity contribution in [3.8, 4) is 0 Å². The largest absolute Gasteiger partial charge is 0.465 e. The van der Waals surface area contributed by atoms with Crippen LogP contribution in [0.2, 0.25) is 0 Å². The number of esters is 2. The lowest BCUT2D eigenvalue weighted by molar-refractivity contribution is 0.0529. The Morgan fingerprint density at radius 3 is 2.16 bits per heavy atom. The van der Waals surface area contributed by atoms with Gasteiger partial charge in [-0.1, -0.05) is 34.8 Å². The van der Waals surface area contributed by atoms with E-state index in [4.69, 9.17) is 4.74 Å². The number of methoxy groups -OCH3 is 1. The average Bonchev–Trinajstić information content (AvgIpc) is 3.62. The Balaban J connectivity index is 0.000000223. The Morgan fingerprint density at radius 2 is 1.57 bits per heavy atom. The maximum Gasteiger partial charge on any atom is 0.350 e. The molecule has 17 heteroatoms. The number of aromatic nitrogens is 2. The molecule has 2 heterocycles. The number of nitrogens with zero attached hydrogens (tertiary/aromatic N) is 4. The highest BCUT2D eigenvalue weighted by Gasteiger charge is 2.41. The molecule has 1 saturated carbocycles. The van der Waals surface area contributed by atoms with Gasteiger partial charge in [0.15, 0.2) is 5.13 Å². The summed E-state index contributed by atoms with van der Waals surface area (Å²) in [5, 5.41) is 0.447. The molecule has 2 aromatic carbocycles. The first-order chi connectivity index (χ1) is 23.1. The number of halogens is 1. The number of aryl methyl sites for hydroxylation is 4. The highest BCUT2D eigenvalue weighted by Crippen LogP contribution is 2.40. The van der Waals surface area contributed by atoms with Gasteiger partial charge in [0, 0.05) is 12.6 Å². The number of rotatable bonds is 11. The smallest absolute Gasteiger partial charge is 0.350 e. The van der Waals surface area contributed by atoms with Crippen LogP contribution in [-0.2, 0) is 29.5 Å². The molecule has 0 amide bonds. The lowest BCUT2D eigenvalue weighted by atomic mass is 10.1. The maximum absolute atomic E-state index is 13.7. The number of anilines is 2. The molecule has 1 aliphatic rings. The fraction of sp³-hybridized carbons (Fsp3) is 0.375. The van der Waals surface area contributed by atoms with E-state index in [1.165, 1.54) is 34.0 Å². The summed E-state index contributed by atoms with van der Waals surface area (Å²) < 4.78 is 77.8. The number of hydrogen-bond acceptors (Lipinski definition) is 12. The minimum absolute atomic E-state index is 0.0880. The second kappa shape index (κ2) is 15.3. The van der Waals surface area contributed by atoms with Crippen molar-refractivity contribution in [3.05, 3.63) is 80.6 Å². The van der Waals surface area contributed by atoms with Crippen molar-refractivity contribution in [1.82, 2.24) is 9.97 Å². The summed E-state index contributed by atoms with van der Waals surface area (Å²) in [7, 11) is -6.46. The molecular weight excluding hydrogens is 716 g/mol. The van der Waals surface area contributed by atoms with Gasteiger partial charge in [0.05, 0.1) is 35.4 Å². The molecule has 0 radical (unpaired) electrons. The second-order valence-corrected chi connectivity index (χ2v) is 16.6. The lowest BCUT2D eigenvalue weighted by Gasteiger charge is -2.22. The van der Waals surface area contributed by atoms with Crippen LogP contribution in [0.3, 0.4) is 0 Å². The molecule has 4 aromatic rings. The highest BCUT2D eigenvalue weighted by molar-refractivity contribution is 7.93. The molecule has 1 aliphatic carbocycles. The Hall–Kier alpha value is -3.93. The van der Waals surface area contributed by atoms with Gasteiger partial charge in [-0.2, -0.15) is 0 Å². The van der Waals surface area contributed by atoms with Crippen molar-refractivity contribution >= 4 is 64.9 Å². The zero-order chi connectivity index (χ0) is 36.3. The van der Waals surface area contributed by atoms with Crippen molar-refractivity contribution in [3.63, 3.8) is 0 Å². The summed E-state index contributed by atoms with van der Waals surface area (Å²) in [5.74, 6) is -1.68. The molecule has 5 rings (SSSR count). The van der Waals surface area contributed by atoms with E-state index in [1.807, 2.05) is 13.8 Å². The predicted molar refractivity (Wildman–Crippen MR) is 186 cm³/mol. The van der Waals surface area contributed by atoms with Gasteiger partial charge in [-0.05, 0) is 95.3 Å². The molecule has 264 valence electrons. The molecular formula is C32H37FN4O8S4. The number of carbonyl (C=O) groups excluding carboxylic acids is 2. The van der Waals surface area contributed by atoms with E-state index < -0.39 is 37.8 Å². The second-order valence-electron chi connectivity index (χ2n) is 11.0. The predicted octanol–water partition coefficient (Wildman–Crippen LogP) is 6.20. The van der Waals surface area contributed by atoms with Crippen LogP contribution in [0.25, 0.3) is 0 Å². The Kier molecular flexibility index (Phi) is 11.8. The van der Waals surface area contributed by atoms with E-state index in [9.17, 15) is 30.8 Å². The van der Waals surface area contributed by atoms with E-state index in [0.29, 0.717) is 24.1 Å². The van der Waals surface area contributed by atoms with Gasteiger partial charge in [-0.15, -0.1) is 0 Å². The zero-order valence-corrected chi connectivity index (χ0v) is 31.3. The number of ether oxygens (including phenoxy) is 2. The number of hydrogen-bond donors (Lipinski definition) is 0. The first-order valence-electron chi connectivity index (χ1n) is 15.2. The van der Waals surface area contributed by atoms with Gasteiger partial charge in [-0.3, -0.25) is 0 Å². The zero-order valence-electron chi connectivity index (χ0n) is 28.0. The van der Waals surface area contributed by atoms with Gasteiger partial charge in [0.1, 0.15) is 15.6 Å². The minimum atomic E-state index is -4.00. The van der Waals surface area contributed by atoms with E-state index in [2.05, 4.69) is 14.7 Å². The van der Waals surface area contributed by atoms with Crippen molar-refractivity contribution < 1.29 is 40.3 Å². The van der Waals surface area contributed by atoms with Gasteiger partial charge in [0.25, 0.3) is 20.0 Å².